The SMILES string of the molecule is C[N+]1(C)[C@@H]2CC(OC(=O)C(O)(c3cccs3)c3cccs3)C[C@H]1C1OC12. The summed E-state index contributed by atoms with van der Waals surface area (Å²) in [5, 5.41) is 15.1. The molecule has 138 valence electrons. The van der Waals surface area contributed by atoms with Crippen LogP contribution >= 0.6 is 22.7 Å². The molecule has 5 nitrogen and oxygen atoms in total. The predicted molar refractivity (Wildman–Crippen MR) is 99.1 cm³/mol. The van der Waals surface area contributed by atoms with Gasteiger partial charge in [0.1, 0.15) is 30.4 Å². The van der Waals surface area contributed by atoms with Crippen molar-refractivity contribution in [3.05, 3.63) is 44.8 Å². The summed E-state index contributed by atoms with van der Waals surface area (Å²) in [6.45, 7) is 0. The van der Waals surface area contributed by atoms with Crippen LogP contribution < -0.4 is 0 Å². The maximum atomic E-state index is 13.1. The molecule has 3 saturated heterocycles. The lowest BCUT2D eigenvalue weighted by Gasteiger charge is -2.45. The number of hydrogen-bond acceptors (Lipinski definition) is 6. The van der Waals surface area contributed by atoms with Crippen LogP contribution in [0.5, 0.6) is 0 Å². The third kappa shape index (κ3) is 2.28. The molecule has 5 heterocycles. The number of carbonyl (C=O) groups excluding carboxylic acids is 1. The Labute approximate surface area is 160 Å². The molecule has 3 aliphatic heterocycles. The fourth-order valence-electron chi connectivity index (χ4n) is 4.83. The first-order chi connectivity index (χ1) is 12.4. The number of hydrogen-bond donors (Lipinski definition) is 1. The summed E-state index contributed by atoms with van der Waals surface area (Å²) in [5.74, 6) is -0.561. The number of aliphatic hydroxyl groups is 1. The van der Waals surface area contributed by atoms with Crippen molar-refractivity contribution in [3.63, 3.8) is 0 Å². The van der Waals surface area contributed by atoms with Gasteiger partial charge in [-0.15, -0.1) is 22.7 Å². The van der Waals surface area contributed by atoms with Gasteiger partial charge in [0.2, 0.25) is 5.60 Å². The second-order valence-corrected chi connectivity index (χ2v) is 9.89. The van der Waals surface area contributed by atoms with Crippen molar-refractivity contribution in [2.45, 2.75) is 48.8 Å². The molecule has 26 heavy (non-hydrogen) atoms. The summed E-state index contributed by atoms with van der Waals surface area (Å²) in [6.07, 6.45) is 2.05. The van der Waals surface area contributed by atoms with Gasteiger partial charge < -0.3 is 19.1 Å². The minimum absolute atomic E-state index is 0.161. The Hall–Kier alpha value is -1.25. The van der Waals surface area contributed by atoms with Gasteiger partial charge in [0.15, 0.2) is 0 Å². The largest absolute Gasteiger partial charge is 0.459 e. The molecule has 0 radical (unpaired) electrons. The molecule has 0 aliphatic carbocycles. The van der Waals surface area contributed by atoms with Crippen LogP contribution in [0.4, 0.5) is 0 Å². The zero-order chi connectivity index (χ0) is 18.1. The number of likely N-dealkylation sites (N-methyl/N-ethyl adjacent to an activating group) is 1. The Morgan fingerprint density at radius 2 is 1.69 bits per heavy atom. The number of fused-ring (bicyclic) bond motifs is 5. The van der Waals surface area contributed by atoms with Crippen LogP contribution in [0.1, 0.15) is 22.6 Å². The van der Waals surface area contributed by atoms with Crippen LogP contribution in [-0.4, -0.2) is 60.0 Å². The van der Waals surface area contributed by atoms with Gasteiger partial charge in [-0.25, -0.2) is 4.79 Å². The second kappa shape index (κ2) is 5.62. The minimum atomic E-state index is -1.72. The average Bonchev–Trinajstić information content (AvgIpc) is 2.98. The summed E-state index contributed by atoms with van der Waals surface area (Å²) < 4.78 is 12.6. The van der Waals surface area contributed by atoms with Gasteiger partial charge in [0, 0.05) is 12.8 Å². The summed E-state index contributed by atoms with van der Waals surface area (Å²) in [5.41, 5.74) is -1.72. The third-order valence-electron chi connectivity index (χ3n) is 6.36. The lowest BCUT2D eigenvalue weighted by Crippen LogP contribution is -2.60. The van der Waals surface area contributed by atoms with E-state index in [0.29, 0.717) is 34.0 Å². The fourth-order valence-corrected chi connectivity index (χ4v) is 6.54. The fraction of sp³-hybridized carbons (Fsp3) is 0.526. The van der Waals surface area contributed by atoms with Crippen molar-refractivity contribution in [1.82, 2.24) is 0 Å². The first-order valence-electron chi connectivity index (χ1n) is 8.92. The average molecular weight is 393 g/mol. The van der Waals surface area contributed by atoms with E-state index in [2.05, 4.69) is 14.1 Å². The van der Waals surface area contributed by atoms with Crippen molar-refractivity contribution in [2.24, 2.45) is 0 Å². The van der Waals surface area contributed by atoms with Gasteiger partial charge in [-0.2, -0.15) is 0 Å². The highest BCUT2D eigenvalue weighted by Gasteiger charge is 2.71. The summed E-state index contributed by atoms with van der Waals surface area (Å²) >= 11 is 2.74. The van der Waals surface area contributed by atoms with Crippen molar-refractivity contribution in [2.75, 3.05) is 14.1 Å². The Morgan fingerprint density at radius 3 is 2.15 bits per heavy atom. The summed E-state index contributed by atoms with van der Waals surface area (Å²) in [7, 11) is 4.49. The number of carbonyl (C=O) groups is 1. The zero-order valence-electron chi connectivity index (χ0n) is 14.7. The second-order valence-electron chi connectivity index (χ2n) is 7.99. The van der Waals surface area contributed by atoms with Gasteiger partial charge in [0.05, 0.1) is 23.8 Å². The van der Waals surface area contributed by atoms with Gasteiger partial charge in [-0.1, -0.05) is 12.1 Å². The number of ether oxygens (including phenoxy) is 2. The monoisotopic (exact) mass is 392 g/mol. The number of piperidine rings is 1. The first-order valence-corrected chi connectivity index (χ1v) is 10.7. The van der Waals surface area contributed by atoms with Crippen molar-refractivity contribution in [1.29, 1.82) is 0 Å². The highest BCUT2D eigenvalue weighted by Crippen LogP contribution is 2.52. The number of quaternary nitrogens is 1. The number of rotatable bonds is 4. The summed E-state index contributed by atoms with van der Waals surface area (Å²) in [4.78, 5) is 14.3. The molecular weight excluding hydrogens is 370 g/mol. The van der Waals surface area contributed by atoms with Crippen LogP contribution in [0.15, 0.2) is 35.0 Å². The Balaban J connectivity index is 1.40. The van der Waals surface area contributed by atoms with E-state index < -0.39 is 11.6 Å². The number of esters is 1. The van der Waals surface area contributed by atoms with Crippen LogP contribution in [-0.2, 0) is 19.9 Å². The smallest absolute Gasteiger partial charge is 0.349 e. The Morgan fingerprint density at radius 1 is 1.15 bits per heavy atom. The van der Waals surface area contributed by atoms with E-state index in [9.17, 15) is 9.90 Å². The van der Waals surface area contributed by atoms with E-state index in [1.807, 2.05) is 22.9 Å². The molecule has 5 atom stereocenters. The van der Waals surface area contributed by atoms with E-state index in [-0.39, 0.29) is 6.10 Å². The Kier molecular flexibility index (Phi) is 3.65. The van der Waals surface area contributed by atoms with Gasteiger partial charge in [0.25, 0.3) is 0 Å². The van der Waals surface area contributed by atoms with Gasteiger partial charge in [-0.05, 0) is 22.9 Å². The normalized spacial score (nSPS) is 34.3. The van der Waals surface area contributed by atoms with Crippen molar-refractivity contribution < 1.29 is 23.9 Å². The highest BCUT2D eigenvalue weighted by molar-refractivity contribution is 7.12. The van der Waals surface area contributed by atoms with Crippen LogP contribution in [0.2, 0.25) is 0 Å². The zero-order valence-corrected chi connectivity index (χ0v) is 16.3. The lowest BCUT2D eigenvalue weighted by atomic mass is 9.95. The van der Waals surface area contributed by atoms with E-state index in [4.69, 9.17) is 9.47 Å². The number of epoxide rings is 1. The molecule has 2 aromatic heterocycles. The van der Waals surface area contributed by atoms with Crippen molar-refractivity contribution in [3.8, 4) is 0 Å². The van der Waals surface area contributed by atoms with Gasteiger partial charge in [-0.3, -0.25) is 0 Å². The van der Waals surface area contributed by atoms with Crippen LogP contribution in [0.3, 0.4) is 0 Å². The van der Waals surface area contributed by atoms with E-state index >= 15 is 0 Å². The molecule has 0 spiro atoms. The molecule has 7 heteroatoms. The first kappa shape index (κ1) is 16.9. The summed E-state index contributed by atoms with van der Waals surface area (Å²) in [6, 6.07) is 8.01. The van der Waals surface area contributed by atoms with Crippen LogP contribution in [0, 0.1) is 0 Å². The highest BCUT2D eigenvalue weighted by atomic mass is 32.1. The molecule has 3 aliphatic rings. The topological polar surface area (TPSA) is 59.1 Å². The maximum absolute atomic E-state index is 13.1. The van der Waals surface area contributed by atoms with Crippen molar-refractivity contribution >= 4 is 28.6 Å². The molecular formula is C19H22NO4S2+. The standard InChI is InChI=1S/C19H22NO4S2/c1-20(2)12-9-11(10-13(20)17-16(12)24-17)23-18(21)19(22,14-5-3-7-25-14)15-6-4-8-26-15/h3-8,11-13,16-17,22H,9-10H2,1-2H3/q+1/t11?,12-,13+,16?,17?. The molecule has 3 unspecified atom stereocenters. The van der Waals surface area contributed by atoms with E-state index in [1.165, 1.54) is 22.7 Å². The van der Waals surface area contributed by atoms with Gasteiger partial charge >= 0.3 is 5.97 Å². The molecule has 1 N–H and O–H groups in total. The number of morpholine rings is 1. The number of thiophene rings is 2. The third-order valence-corrected chi connectivity index (χ3v) is 8.32. The molecule has 0 saturated carbocycles. The molecule has 3 fully saturated rings. The Bertz CT molecular complexity index is 762. The molecule has 0 aromatic carbocycles. The molecule has 5 rings (SSSR count). The maximum Gasteiger partial charge on any atom is 0.349 e. The molecule has 2 bridgehead atoms. The quantitative estimate of drug-likeness (QED) is 0.493. The molecule has 2 aromatic rings. The van der Waals surface area contributed by atoms with Crippen LogP contribution in [0.25, 0.3) is 0 Å². The number of nitrogens with zero attached hydrogens (tertiary/aromatic N) is 1. The lowest BCUT2D eigenvalue weighted by molar-refractivity contribution is -0.938. The minimum Gasteiger partial charge on any atom is -0.459 e. The molecule has 0 amide bonds. The van der Waals surface area contributed by atoms with E-state index in [1.54, 1.807) is 12.1 Å². The van der Waals surface area contributed by atoms with E-state index in [0.717, 1.165) is 17.3 Å². The predicted octanol–water partition coefficient (Wildman–Crippen LogP) is 2.35.